The maximum Gasteiger partial charge on any atom is 0.341 e. The van der Waals surface area contributed by atoms with Crippen LogP contribution >= 0.6 is 35.0 Å². The van der Waals surface area contributed by atoms with Crippen LogP contribution in [0.3, 0.4) is 0 Å². The van der Waals surface area contributed by atoms with Crippen LogP contribution in [0.1, 0.15) is 26.3 Å². The number of halogens is 2. The van der Waals surface area contributed by atoms with Crippen molar-refractivity contribution in [3.8, 4) is 0 Å². The fraction of sp³-hybridized carbons (Fsp3) is 0.130. The molecule has 0 aliphatic carbocycles. The summed E-state index contributed by atoms with van der Waals surface area (Å²) in [7, 11) is 1.21. The van der Waals surface area contributed by atoms with E-state index in [9.17, 15) is 14.4 Å². The summed E-state index contributed by atoms with van der Waals surface area (Å²) in [6.07, 6.45) is 1.45. The standard InChI is InChI=1S/C23H19Cl2N3O4S/c1-32-23(31)21-17(25)9-16(24)10-18(21)28-19(29)13-33-20-8-7-15(12-26-20)22(30)27-11-14-5-3-2-4-6-14/h2-10,12H,11,13H2,1H3,(H,27,30)(H,28,29). The van der Waals surface area contributed by atoms with Gasteiger partial charge in [-0.2, -0.15) is 0 Å². The second-order valence-corrected chi connectivity index (χ2v) is 8.53. The van der Waals surface area contributed by atoms with Gasteiger partial charge in [-0.3, -0.25) is 9.59 Å². The Morgan fingerprint density at radius 3 is 2.48 bits per heavy atom. The average molecular weight is 504 g/mol. The van der Waals surface area contributed by atoms with Crippen LogP contribution in [0.4, 0.5) is 5.69 Å². The predicted octanol–water partition coefficient (Wildman–Crippen LogP) is 4.84. The zero-order chi connectivity index (χ0) is 23.8. The lowest BCUT2D eigenvalue weighted by atomic mass is 10.1. The summed E-state index contributed by atoms with van der Waals surface area (Å²) in [6.45, 7) is 0.414. The van der Waals surface area contributed by atoms with Gasteiger partial charge in [0.1, 0.15) is 5.56 Å². The van der Waals surface area contributed by atoms with Gasteiger partial charge in [0.2, 0.25) is 5.91 Å². The quantitative estimate of drug-likeness (QED) is 0.337. The van der Waals surface area contributed by atoms with Crippen LogP contribution in [0.5, 0.6) is 0 Å². The molecule has 10 heteroatoms. The molecule has 0 aliphatic heterocycles. The molecule has 2 N–H and O–H groups in total. The van der Waals surface area contributed by atoms with E-state index in [-0.39, 0.29) is 33.0 Å². The number of ether oxygens (including phenoxy) is 1. The molecule has 0 spiro atoms. The summed E-state index contributed by atoms with van der Waals surface area (Å²) in [4.78, 5) is 40.9. The number of anilines is 1. The number of benzene rings is 2. The predicted molar refractivity (Wildman–Crippen MR) is 129 cm³/mol. The number of nitrogens with zero attached hydrogens (tertiary/aromatic N) is 1. The van der Waals surface area contributed by atoms with Crippen LogP contribution in [-0.2, 0) is 16.1 Å². The Bertz CT molecular complexity index is 1160. The molecule has 7 nitrogen and oxygen atoms in total. The Morgan fingerprint density at radius 2 is 1.82 bits per heavy atom. The van der Waals surface area contributed by atoms with Gasteiger partial charge in [0.05, 0.1) is 34.2 Å². The van der Waals surface area contributed by atoms with Crippen LogP contribution < -0.4 is 10.6 Å². The largest absolute Gasteiger partial charge is 0.465 e. The number of esters is 1. The van der Waals surface area contributed by atoms with Gasteiger partial charge in [-0.15, -0.1) is 0 Å². The van der Waals surface area contributed by atoms with Gasteiger partial charge in [-0.25, -0.2) is 9.78 Å². The van der Waals surface area contributed by atoms with Crippen molar-refractivity contribution in [2.45, 2.75) is 11.6 Å². The van der Waals surface area contributed by atoms with E-state index in [0.717, 1.165) is 5.56 Å². The van der Waals surface area contributed by atoms with Crippen LogP contribution in [0, 0.1) is 0 Å². The van der Waals surface area contributed by atoms with Crippen molar-refractivity contribution in [2.24, 2.45) is 0 Å². The van der Waals surface area contributed by atoms with Crippen molar-refractivity contribution >= 4 is 58.4 Å². The molecule has 0 atom stereocenters. The Kier molecular flexibility index (Phi) is 8.71. The van der Waals surface area contributed by atoms with Gasteiger partial charge in [-0.05, 0) is 29.8 Å². The molecular formula is C23H19Cl2N3O4S. The number of methoxy groups -OCH3 is 1. The highest BCUT2D eigenvalue weighted by Crippen LogP contribution is 2.30. The SMILES string of the molecule is COC(=O)c1c(Cl)cc(Cl)cc1NC(=O)CSc1ccc(C(=O)NCc2ccccc2)cn1. The lowest BCUT2D eigenvalue weighted by molar-refractivity contribution is -0.113. The lowest BCUT2D eigenvalue weighted by Gasteiger charge is -2.12. The number of rotatable bonds is 8. The van der Waals surface area contributed by atoms with Crippen molar-refractivity contribution in [1.29, 1.82) is 0 Å². The first kappa shape index (κ1) is 24.6. The summed E-state index contributed by atoms with van der Waals surface area (Å²) in [5.74, 6) is -1.32. The highest BCUT2D eigenvalue weighted by molar-refractivity contribution is 7.99. The lowest BCUT2D eigenvalue weighted by Crippen LogP contribution is -2.22. The van der Waals surface area contributed by atoms with Crippen molar-refractivity contribution in [3.05, 3.63) is 87.5 Å². The zero-order valence-electron chi connectivity index (χ0n) is 17.4. The van der Waals surface area contributed by atoms with E-state index in [4.69, 9.17) is 27.9 Å². The van der Waals surface area contributed by atoms with Gasteiger partial charge in [0.25, 0.3) is 5.91 Å². The monoisotopic (exact) mass is 503 g/mol. The maximum atomic E-state index is 12.4. The van der Waals surface area contributed by atoms with Crippen molar-refractivity contribution < 1.29 is 19.1 Å². The van der Waals surface area contributed by atoms with Gasteiger partial charge in [-0.1, -0.05) is 65.3 Å². The first-order valence-electron chi connectivity index (χ1n) is 9.65. The van der Waals surface area contributed by atoms with Crippen LogP contribution in [0.2, 0.25) is 10.0 Å². The molecule has 33 heavy (non-hydrogen) atoms. The van der Waals surface area contributed by atoms with E-state index in [2.05, 4.69) is 15.6 Å². The number of nitrogens with one attached hydrogen (secondary N) is 2. The number of thioether (sulfide) groups is 1. The van der Waals surface area contributed by atoms with Gasteiger partial charge >= 0.3 is 5.97 Å². The number of aromatic nitrogens is 1. The summed E-state index contributed by atoms with van der Waals surface area (Å²) in [6, 6.07) is 15.7. The number of hydrogen-bond acceptors (Lipinski definition) is 6. The Labute approximate surface area is 204 Å². The number of amides is 2. The van der Waals surface area contributed by atoms with Crippen LogP contribution in [0.15, 0.2) is 65.8 Å². The van der Waals surface area contributed by atoms with E-state index in [0.29, 0.717) is 17.1 Å². The van der Waals surface area contributed by atoms with Crippen LogP contribution in [-0.4, -0.2) is 35.6 Å². The molecule has 170 valence electrons. The highest BCUT2D eigenvalue weighted by Gasteiger charge is 2.19. The molecule has 2 amide bonds. The minimum atomic E-state index is -0.692. The molecule has 0 saturated heterocycles. The van der Waals surface area contributed by atoms with Crippen molar-refractivity contribution in [2.75, 3.05) is 18.2 Å². The fourth-order valence-corrected chi connectivity index (χ4v) is 4.00. The minimum absolute atomic E-state index is 0.0112. The number of pyridine rings is 1. The van der Waals surface area contributed by atoms with E-state index >= 15 is 0 Å². The molecule has 1 aromatic heterocycles. The molecule has 0 aliphatic rings. The topological polar surface area (TPSA) is 97.4 Å². The van der Waals surface area contributed by atoms with Crippen LogP contribution in [0.25, 0.3) is 0 Å². The molecular weight excluding hydrogens is 485 g/mol. The number of hydrogen-bond donors (Lipinski definition) is 2. The molecule has 3 rings (SSSR count). The summed E-state index contributed by atoms with van der Waals surface area (Å²) in [5, 5.41) is 6.34. The highest BCUT2D eigenvalue weighted by atomic mass is 35.5. The van der Waals surface area contributed by atoms with E-state index in [1.54, 1.807) is 12.1 Å². The second kappa shape index (κ2) is 11.7. The molecule has 2 aromatic carbocycles. The molecule has 0 saturated carbocycles. The Morgan fingerprint density at radius 1 is 1.06 bits per heavy atom. The molecule has 0 unspecified atom stereocenters. The second-order valence-electron chi connectivity index (χ2n) is 6.69. The third kappa shape index (κ3) is 6.95. The van der Waals surface area contributed by atoms with Gasteiger partial charge in [0.15, 0.2) is 0 Å². The third-order valence-electron chi connectivity index (χ3n) is 4.36. The maximum absolute atomic E-state index is 12.4. The first-order valence-corrected chi connectivity index (χ1v) is 11.4. The molecule has 0 fully saturated rings. The zero-order valence-corrected chi connectivity index (χ0v) is 19.8. The van der Waals surface area contributed by atoms with E-state index < -0.39 is 11.9 Å². The normalized spacial score (nSPS) is 10.4. The summed E-state index contributed by atoms with van der Waals surface area (Å²) < 4.78 is 4.72. The van der Waals surface area contributed by atoms with Crippen molar-refractivity contribution in [1.82, 2.24) is 10.3 Å². The molecule has 0 radical (unpaired) electrons. The summed E-state index contributed by atoms with van der Waals surface area (Å²) >= 11 is 13.2. The number of carbonyl (C=O) groups excluding carboxylic acids is 3. The Balaban J connectivity index is 1.56. The van der Waals surface area contributed by atoms with E-state index in [1.807, 2.05) is 30.3 Å². The molecule has 1 heterocycles. The number of carbonyl (C=O) groups is 3. The molecule has 3 aromatic rings. The van der Waals surface area contributed by atoms with Gasteiger partial charge < -0.3 is 15.4 Å². The summed E-state index contributed by atoms with van der Waals surface area (Å²) in [5.41, 5.74) is 1.58. The first-order chi connectivity index (χ1) is 15.9. The smallest absolute Gasteiger partial charge is 0.341 e. The average Bonchev–Trinajstić information content (AvgIpc) is 2.81. The minimum Gasteiger partial charge on any atom is -0.465 e. The van der Waals surface area contributed by atoms with Crippen molar-refractivity contribution in [3.63, 3.8) is 0 Å². The fourth-order valence-electron chi connectivity index (χ4n) is 2.79. The Hall–Kier alpha value is -3.07. The van der Waals surface area contributed by atoms with E-state index in [1.165, 1.54) is 37.2 Å². The molecule has 0 bridgehead atoms. The van der Waals surface area contributed by atoms with Gasteiger partial charge in [0, 0.05) is 17.8 Å². The third-order valence-corrected chi connectivity index (χ3v) is 5.82.